The summed E-state index contributed by atoms with van der Waals surface area (Å²) in [6.07, 6.45) is 1.28. The highest BCUT2D eigenvalue weighted by atomic mass is 19.1. The summed E-state index contributed by atoms with van der Waals surface area (Å²) in [4.78, 5) is 27.4. The number of hydrogen-bond acceptors (Lipinski definition) is 7. The molecule has 8 nitrogen and oxygen atoms in total. The number of hydrogen-bond donors (Lipinski definition) is 2. The third-order valence-electron chi connectivity index (χ3n) is 8.14. The molecule has 5 rings (SSSR count). The molecule has 2 heterocycles. The standard InChI is InChI=1S/C31H36FN3O5/c1-30(2,3)40-29(38)35-22-10-8-20(13-22)26(35)27(36)34-21(16-33)12-19-7-6-18(15-25(19)32)17-9-11-24-23(14-17)28(37)39-31(24,4)5/h6-7,9,11,14-15,20-22,26,29,38H,8,10,12-13H2,1-5H3,(H,34,36)/t20-,21-,22+,26-,29?/m0/s1. The van der Waals surface area contributed by atoms with E-state index < -0.39 is 41.5 Å². The zero-order chi connectivity index (χ0) is 29.0. The maximum Gasteiger partial charge on any atom is 0.339 e. The van der Waals surface area contributed by atoms with Gasteiger partial charge in [0, 0.05) is 18.0 Å². The van der Waals surface area contributed by atoms with Crippen molar-refractivity contribution in [3.05, 3.63) is 58.9 Å². The van der Waals surface area contributed by atoms with Gasteiger partial charge in [0.1, 0.15) is 17.5 Å². The van der Waals surface area contributed by atoms with Crippen molar-refractivity contribution >= 4 is 11.9 Å². The highest BCUT2D eigenvalue weighted by molar-refractivity contribution is 5.96. The fourth-order valence-corrected chi connectivity index (χ4v) is 6.32. The Morgan fingerprint density at radius 1 is 1.25 bits per heavy atom. The maximum absolute atomic E-state index is 15.2. The molecule has 1 saturated heterocycles. The molecule has 212 valence electrons. The normalized spacial score (nSPS) is 24.8. The van der Waals surface area contributed by atoms with Crippen LogP contribution in [0.4, 0.5) is 4.39 Å². The summed E-state index contributed by atoms with van der Waals surface area (Å²) in [6, 6.07) is 10.6. The number of nitrogens with zero attached hydrogens (tertiary/aromatic N) is 2. The molecule has 0 aromatic heterocycles. The van der Waals surface area contributed by atoms with E-state index in [2.05, 4.69) is 11.4 Å². The van der Waals surface area contributed by atoms with Gasteiger partial charge in [-0.2, -0.15) is 5.26 Å². The summed E-state index contributed by atoms with van der Waals surface area (Å²) < 4.78 is 26.4. The van der Waals surface area contributed by atoms with Crippen molar-refractivity contribution < 1.29 is 28.6 Å². The van der Waals surface area contributed by atoms with Crippen molar-refractivity contribution in [3.63, 3.8) is 0 Å². The molecule has 2 aliphatic heterocycles. The first-order valence-corrected chi connectivity index (χ1v) is 13.8. The number of aliphatic hydroxyl groups is 1. The van der Waals surface area contributed by atoms with E-state index in [1.807, 2.05) is 46.8 Å². The maximum atomic E-state index is 15.2. The van der Waals surface area contributed by atoms with Crippen LogP contribution in [0.15, 0.2) is 36.4 Å². The van der Waals surface area contributed by atoms with Crippen LogP contribution in [-0.2, 0) is 26.3 Å². The molecule has 0 radical (unpaired) electrons. The summed E-state index contributed by atoms with van der Waals surface area (Å²) in [5, 5.41) is 23.4. The average Bonchev–Trinajstić information content (AvgIpc) is 3.55. The lowest BCUT2D eigenvalue weighted by Gasteiger charge is -2.39. The molecule has 5 atom stereocenters. The predicted molar refractivity (Wildman–Crippen MR) is 145 cm³/mol. The largest absolute Gasteiger partial charge is 0.451 e. The molecule has 1 amide bonds. The molecular formula is C31H36FN3O5. The second kappa shape index (κ2) is 10.3. The average molecular weight is 550 g/mol. The van der Waals surface area contributed by atoms with Crippen molar-refractivity contribution in [1.82, 2.24) is 10.2 Å². The molecule has 1 aliphatic carbocycles. The number of esters is 1. The Morgan fingerprint density at radius 3 is 2.62 bits per heavy atom. The molecule has 2 N–H and O–H groups in total. The molecule has 0 spiro atoms. The second-order valence-corrected chi connectivity index (χ2v) is 12.5. The van der Waals surface area contributed by atoms with Gasteiger partial charge in [-0.1, -0.05) is 24.3 Å². The van der Waals surface area contributed by atoms with E-state index in [-0.39, 0.29) is 24.3 Å². The number of fused-ring (bicyclic) bond motifs is 3. The Hall–Kier alpha value is -3.32. The van der Waals surface area contributed by atoms with Gasteiger partial charge in [-0.25, -0.2) is 14.1 Å². The Labute approximate surface area is 234 Å². The smallest absolute Gasteiger partial charge is 0.339 e. The first kappa shape index (κ1) is 28.2. The lowest BCUT2D eigenvalue weighted by molar-refractivity contribution is -0.254. The van der Waals surface area contributed by atoms with Gasteiger partial charge in [0.25, 0.3) is 0 Å². The first-order valence-electron chi connectivity index (χ1n) is 13.8. The van der Waals surface area contributed by atoms with Crippen LogP contribution < -0.4 is 5.32 Å². The zero-order valence-electron chi connectivity index (χ0n) is 23.5. The van der Waals surface area contributed by atoms with E-state index >= 15 is 4.39 Å². The molecule has 2 aromatic rings. The molecule has 2 fully saturated rings. The van der Waals surface area contributed by atoms with Crippen LogP contribution in [-0.4, -0.2) is 52.0 Å². The van der Waals surface area contributed by atoms with Crippen molar-refractivity contribution in [2.24, 2.45) is 5.92 Å². The van der Waals surface area contributed by atoms with Crippen molar-refractivity contribution in [2.45, 2.75) is 96.0 Å². The Bertz CT molecular complexity index is 1380. The quantitative estimate of drug-likeness (QED) is 0.389. The number of nitriles is 1. The van der Waals surface area contributed by atoms with Crippen molar-refractivity contribution in [1.29, 1.82) is 5.26 Å². The van der Waals surface area contributed by atoms with Crippen molar-refractivity contribution in [2.75, 3.05) is 0 Å². The Balaban J connectivity index is 1.29. The Morgan fingerprint density at radius 2 is 1.95 bits per heavy atom. The van der Waals surface area contributed by atoms with E-state index in [4.69, 9.17) is 9.47 Å². The molecule has 2 aromatic carbocycles. The second-order valence-electron chi connectivity index (χ2n) is 12.5. The SMILES string of the molecule is CC(C)(C)OC(O)N1[C@@H]2CC[C@@H](C2)[C@H]1C(=O)N[C@H](C#N)Cc1ccc(-c2ccc3c(c2)C(=O)OC3(C)C)cc1F. The van der Waals surface area contributed by atoms with Crippen LogP contribution in [0.5, 0.6) is 0 Å². The van der Waals surface area contributed by atoms with Gasteiger partial charge in [0.05, 0.1) is 23.3 Å². The number of piperidine rings is 1. The summed E-state index contributed by atoms with van der Waals surface area (Å²) in [7, 11) is 0. The number of nitrogens with one attached hydrogen (secondary N) is 1. The lowest BCUT2D eigenvalue weighted by Crippen LogP contribution is -2.57. The van der Waals surface area contributed by atoms with Crippen LogP contribution in [0.3, 0.4) is 0 Å². The van der Waals surface area contributed by atoms with Crippen LogP contribution in [0.2, 0.25) is 0 Å². The number of benzene rings is 2. The minimum atomic E-state index is -1.23. The van der Waals surface area contributed by atoms with Crippen LogP contribution >= 0.6 is 0 Å². The van der Waals surface area contributed by atoms with Crippen LogP contribution in [0.25, 0.3) is 11.1 Å². The molecule has 40 heavy (non-hydrogen) atoms. The van der Waals surface area contributed by atoms with Gasteiger partial charge in [-0.05, 0) is 88.6 Å². The highest BCUT2D eigenvalue weighted by Gasteiger charge is 2.52. The molecule has 2 bridgehead atoms. The monoisotopic (exact) mass is 549 g/mol. The summed E-state index contributed by atoms with van der Waals surface area (Å²) in [6.45, 7) is 9.16. The summed E-state index contributed by atoms with van der Waals surface area (Å²) in [5.74, 6) is -1.21. The predicted octanol–water partition coefficient (Wildman–Crippen LogP) is 4.39. The van der Waals surface area contributed by atoms with E-state index in [1.165, 1.54) is 6.07 Å². The number of aliphatic hydroxyl groups excluding tert-OH is 1. The number of cyclic esters (lactones) is 1. The van der Waals surface area contributed by atoms with Gasteiger partial charge in [0.2, 0.25) is 12.3 Å². The Kier molecular flexibility index (Phi) is 7.24. The van der Waals surface area contributed by atoms with Crippen molar-refractivity contribution in [3.8, 4) is 17.2 Å². The highest BCUT2D eigenvalue weighted by Crippen LogP contribution is 2.44. The fourth-order valence-electron chi connectivity index (χ4n) is 6.32. The van der Waals surface area contributed by atoms with E-state index in [0.29, 0.717) is 22.3 Å². The zero-order valence-corrected chi connectivity index (χ0v) is 23.5. The molecule has 1 saturated carbocycles. The molecule has 9 heteroatoms. The number of rotatable bonds is 7. The van der Waals surface area contributed by atoms with Crippen LogP contribution in [0.1, 0.15) is 75.4 Å². The summed E-state index contributed by atoms with van der Waals surface area (Å²) >= 11 is 0. The van der Waals surface area contributed by atoms with Gasteiger partial charge < -0.3 is 19.9 Å². The minimum absolute atomic E-state index is 0.0130. The number of halogens is 1. The molecular weight excluding hydrogens is 513 g/mol. The number of ether oxygens (including phenoxy) is 2. The number of likely N-dealkylation sites (tertiary alicyclic amines) is 1. The van der Waals surface area contributed by atoms with Gasteiger partial charge >= 0.3 is 5.97 Å². The first-order chi connectivity index (χ1) is 18.8. The number of amides is 1. The van der Waals surface area contributed by atoms with E-state index in [1.54, 1.807) is 23.1 Å². The number of carbonyl (C=O) groups is 2. The minimum Gasteiger partial charge on any atom is -0.451 e. The van der Waals surface area contributed by atoms with E-state index in [0.717, 1.165) is 24.8 Å². The third-order valence-corrected chi connectivity index (χ3v) is 8.14. The van der Waals surface area contributed by atoms with Gasteiger partial charge in [-0.15, -0.1) is 0 Å². The number of carbonyl (C=O) groups excluding carboxylic acids is 2. The molecule has 3 aliphatic rings. The fraction of sp³-hybridized carbons (Fsp3) is 0.516. The van der Waals surface area contributed by atoms with Gasteiger partial charge in [-0.3, -0.25) is 4.79 Å². The molecule has 1 unspecified atom stereocenters. The van der Waals surface area contributed by atoms with Crippen LogP contribution in [0, 0.1) is 23.1 Å². The third kappa shape index (κ3) is 5.36. The van der Waals surface area contributed by atoms with E-state index in [9.17, 15) is 20.0 Å². The lowest BCUT2D eigenvalue weighted by atomic mass is 9.92. The van der Waals surface area contributed by atoms with Gasteiger partial charge in [0.15, 0.2) is 0 Å². The summed E-state index contributed by atoms with van der Waals surface area (Å²) in [5.41, 5.74) is 1.51. The topological polar surface area (TPSA) is 112 Å².